The first-order chi connectivity index (χ1) is 14.0. The summed E-state index contributed by atoms with van der Waals surface area (Å²) in [6.45, 7) is 0.00203. The van der Waals surface area contributed by atoms with Gasteiger partial charge in [0.1, 0.15) is 0 Å². The number of alkyl halides is 3. The van der Waals surface area contributed by atoms with E-state index in [4.69, 9.17) is 9.47 Å². The van der Waals surface area contributed by atoms with Gasteiger partial charge in [0.25, 0.3) is 0 Å². The van der Waals surface area contributed by atoms with Crippen molar-refractivity contribution in [3.8, 4) is 11.5 Å². The zero-order chi connectivity index (χ0) is 22.4. The fraction of sp³-hybridized carbons (Fsp3) is 0.632. The number of nitrogens with zero attached hydrogens (tertiary/aromatic N) is 1. The number of halogens is 3. The van der Waals surface area contributed by atoms with E-state index in [0.717, 1.165) is 5.56 Å². The highest BCUT2D eigenvalue weighted by Gasteiger charge is 2.29. The van der Waals surface area contributed by atoms with E-state index in [-0.39, 0.29) is 29.7 Å². The second-order valence-electron chi connectivity index (χ2n) is 7.30. The maximum atomic E-state index is 12.3. The van der Waals surface area contributed by atoms with Gasteiger partial charge < -0.3 is 14.8 Å². The number of hydrogen-bond acceptors (Lipinski definition) is 5. The lowest BCUT2D eigenvalue weighted by atomic mass is 9.98. The molecule has 1 aromatic carbocycles. The summed E-state index contributed by atoms with van der Waals surface area (Å²) in [5, 5.41) is 2.87. The maximum Gasteiger partial charge on any atom is 0.422 e. The van der Waals surface area contributed by atoms with Gasteiger partial charge in [-0.15, -0.1) is 0 Å². The number of carbonyl (C=O) groups excluding carboxylic acids is 1. The highest BCUT2D eigenvalue weighted by molar-refractivity contribution is 7.88. The average molecular weight is 452 g/mol. The number of carbonyl (C=O) groups is 1. The highest BCUT2D eigenvalue weighted by atomic mass is 32.2. The van der Waals surface area contributed by atoms with Crippen molar-refractivity contribution in [1.29, 1.82) is 0 Å². The van der Waals surface area contributed by atoms with E-state index in [0.29, 0.717) is 38.9 Å². The summed E-state index contributed by atoms with van der Waals surface area (Å²) in [5.74, 6) is 0.257. The third-order valence-corrected chi connectivity index (χ3v) is 6.19. The number of hydrogen-bond donors (Lipinski definition) is 1. The molecule has 2 rings (SSSR count). The SMILES string of the molecule is COc1cc(CCC(=O)NCC2CCN(S(C)(=O)=O)CC2)ccc1OCC(F)(F)F. The molecule has 7 nitrogen and oxygen atoms in total. The summed E-state index contributed by atoms with van der Waals surface area (Å²) in [5.41, 5.74) is 0.739. The van der Waals surface area contributed by atoms with Crippen molar-refractivity contribution in [1.82, 2.24) is 9.62 Å². The molecule has 30 heavy (non-hydrogen) atoms. The van der Waals surface area contributed by atoms with Crippen molar-refractivity contribution in [3.05, 3.63) is 23.8 Å². The molecule has 0 atom stereocenters. The van der Waals surface area contributed by atoms with Gasteiger partial charge in [0.2, 0.25) is 15.9 Å². The molecule has 0 aromatic heterocycles. The quantitative estimate of drug-likeness (QED) is 0.622. The van der Waals surface area contributed by atoms with Crippen LogP contribution in [0.5, 0.6) is 11.5 Å². The van der Waals surface area contributed by atoms with Gasteiger partial charge in [0, 0.05) is 26.1 Å². The summed E-state index contributed by atoms with van der Waals surface area (Å²) in [6, 6.07) is 4.55. The van der Waals surface area contributed by atoms with Crippen molar-refractivity contribution in [2.75, 3.05) is 39.6 Å². The second kappa shape index (κ2) is 10.3. The Morgan fingerprint density at radius 3 is 2.47 bits per heavy atom. The number of rotatable bonds is 9. The second-order valence-corrected chi connectivity index (χ2v) is 9.28. The molecule has 0 bridgehead atoms. The number of sulfonamides is 1. The summed E-state index contributed by atoms with van der Waals surface area (Å²) >= 11 is 0. The molecule has 1 amide bonds. The van der Waals surface area contributed by atoms with Crippen LogP contribution in [0, 0.1) is 5.92 Å². The molecule has 0 saturated carbocycles. The van der Waals surface area contributed by atoms with Gasteiger partial charge in [-0.3, -0.25) is 4.79 Å². The Kier molecular flexibility index (Phi) is 8.36. The standard InChI is InChI=1S/C19H27F3N2O5S/c1-28-17-11-14(3-5-16(17)29-13-19(20,21)22)4-6-18(25)23-12-15-7-9-24(10-8-15)30(2,26)27/h3,5,11,15H,4,6-10,12-13H2,1-2H3,(H,23,25). The van der Waals surface area contributed by atoms with Crippen LogP contribution < -0.4 is 14.8 Å². The van der Waals surface area contributed by atoms with E-state index in [1.165, 1.54) is 23.7 Å². The fourth-order valence-electron chi connectivity index (χ4n) is 3.20. The molecule has 1 fully saturated rings. The third-order valence-electron chi connectivity index (χ3n) is 4.89. The lowest BCUT2D eigenvalue weighted by molar-refractivity contribution is -0.153. The lowest BCUT2D eigenvalue weighted by Gasteiger charge is -2.30. The predicted octanol–water partition coefficient (Wildman–Crippen LogP) is 2.36. The Labute approximate surface area is 174 Å². The number of ether oxygens (including phenoxy) is 2. The molecule has 1 aliphatic rings. The lowest BCUT2D eigenvalue weighted by Crippen LogP contribution is -2.41. The van der Waals surface area contributed by atoms with Crippen molar-refractivity contribution in [3.63, 3.8) is 0 Å². The normalized spacial score (nSPS) is 16.3. The van der Waals surface area contributed by atoms with Crippen molar-refractivity contribution >= 4 is 15.9 Å². The first kappa shape index (κ1) is 24.3. The molecule has 0 spiro atoms. The summed E-state index contributed by atoms with van der Waals surface area (Å²) < 4.78 is 71.2. The van der Waals surface area contributed by atoms with Crippen molar-refractivity contribution in [2.45, 2.75) is 31.9 Å². The Hall–Kier alpha value is -2.01. The molecule has 1 aromatic rings. The van der Waals surface area contributed by atoms with Crippen LogP contribution in [0.1, 0.15) is 24.8 Å². The van der Waals surface area contributed by atoms with Crippen LogP contribution in [0.4, 0.5) is 13.2 Å². The van der Waals surface area contributed by atoms with Crippen molar-refractivity contribution < 1.29 is 35.9 Å². The van der Waals surface area contributed by atoms with Crippen LogP contribution in [-0.4, -0.2) is 64.4 Å². The topological polar surface area (TPSA) is 84.9 Å². The van der Waals surface area contributed by atoms with E-state index in [1.807, 2.05) is 0 Å². The smallest absolute Gasteiger partial charge is 0.422 e. The molecule has 1 aliphatic heterocycles. The zero-order valence-corrected chi connectivity index (χ0v) is 17.8. The molecule has 11 heteroatoms. The maximum absolute atomic E-state index is 12.3. The minimum absolute atomic E-state index is 0.0107. The number of amides is 1. The Morgan fingerprint density at radius 2 is 1.90 bits per heavy atom. The van der Waals surface area contributed by atoms with Gasteiger partial charge in [0.05, 0.1) is 13.4 Å². The van der Waals surface area contributed by atoms with E-state index in [2.05, 4.69) is 5.32 Å². The van der Waals surface area contributed by atoms with E-state index >= 15 is 0 Å². The van der Waals surface area contributed by atoms with Crippen molar-refractivity contribution in [2.24, 2.45) is 5.92 Å². The first-order valence-corrected chi connectivity index (χ1v) is 11.4. The minimum atomic E-state index is -4.44. The van der Waals surface area contributed by atoms with E-state index in [9.17, 15) is 26.4 Å². The summed E-state index contributed by atoms with van der Waals surface area (Å²) in [4.78, 5) is 12.1. The van der Waals surface area contributed by atoms with Crippen LogP contribution in [0.25, 0.3) is 0 Å². The highest BCUT2D eigenvalue weighted by Crippen LogP contribution is 2.30. The minimum Gasteiger partial charge on any atom is -0.493 e. The van der Waals surface area contributed by atoms with Gasteiger partial charge in [0.15, 0.2) is 18.1 Å². The molecule has 0 radical (unpaired) electrons. The number of piperidine rings is 1. The monoisotopic (exact) mass is 452 g/mol. The van der Waals surface area contributed by atoms with Crippen LogP contribution in [0.2, 0.25) is 0 Å². The molecular formula is C19H27F3N2O5S. The van der Waals surface area contributed by atoms with Crippen LogP contribution in [-0.2, 0) is 21.2 Å². The van der Waals surface area contributed by atoms with Crippen LogP contribution in [0.3, 0.4) is 0 Å². The zero-order valence-electron chi connectivity index (χ0n) is 17.0. The Morgan fingerprint density at radius 1 is 1.23 bits per heavy atom. The molecule has 0 aliphatic carbocycles. The molecular weight excluding hydrogens is 425 g/mol. The summed E-state index contributed by atoms with van der Waals surface area (Å²) in [7, 11) is -1.83. The van der Waals surface area contributed by atoms with Crippen LogP contribution in [0.15, 0.2) is 18.2 Å². The number of benzene rings is 1. The fourth-order valence-corrected chi connectivity index (χ4v) is 4.07. The van der Waals surface area contributed by atoms with Gasteiger partial charge in [-0.1, -0.05) is 6.07 Å². The van der Waals surface area contributed by atoms with Gasteiger partial charge in [-0.25, -0.2) is 12.7 Å². The van der Waals surface area contributed by atoms with Gasteiger partial charge >= 0.3 is 6.18 Å². The Bertz CT molecular complexity index is 822. The largest absolute Gasteiger partial charge is 0.493 e. The molecule has 1 heterocycles. The molecule has 170 valence electrons. The van der Waals surface area contributed by atoms with Gasteiger partial charge in [-0.05, 0) is 42.9 Å². The summed E-state index contributed by atoms with van der Waals surface area (Å²) in [6.07, 6.45) is -1.24. The molecule has 0 unspecified atom stereocenters. The first-order valence-electron chi connectivity index (χ1n) is 9.56. The molecule has 1 saturated heterocycles. The van der Waals surface area contributed by atoms with E-state index in [1.54, 1.807) is 12.1 Å². The predicted molar refractivity (Wildman–Crippen MR) is 105 cm³/mol. The van der Waals surface area contributed by atoms with Crippen LogP contribution >= 0.6 is 0 Å². The number of methoxy groups -OCH3 is 1. The van der Waals surface area contributed by atoms with E-state index < -0.39 is 22.8 Å². The number of aryl methyl sites for hydroxylation is 1. The average Bonchev–Trinajstić information content (AvgIpc) is 2.68. The molecule has 1 N–H and O–H groups in total. The number of nitrogens with one attached hydrogen (secondary N) is 1. The van der Waals surface area contributed by atoms with Gasteiger partial charge in [-0.2, -0.15) is 13.2 Å². The third kappa shape index (κ3) is 8.02. The Balaban J connectivity index is 1.76.